The summed E-state index contributed by atoms with van der Waals surface area (Å²) >= 11 is 5.13. The van der Waals surface area contributed by atoms with Crippen molar-refractivity contribution in [3.05, 3.63) is 60.2 Å². The molecule has 27 heavy (non-hydrogen) atoms. The molecule has 0 fully saturated rings. The number of hydrogen-bond acceptors (Lipinski definition) is 4. The summed E-state index contributed by atoms with van der Waals surface area (Å²) in [6.07, 6.45) is 0.953. The summed E-state index contributed by atoms with van der Waals surface area (Å²) in [7, 11) is -3.54. The molecule has 0 aliphatic heterocycles. The van der Waals surface area contributed by atoms with Crippen LogP contribution in [0.4, 0.5) is 5.69 Å². The molecule has 0 spiro atoms. The number of nitrogens with one attached hydrogen (secondary N) is 3. The largest absolute Gasteiger partial charge is 0.332 e. The fourth-order valence-corrected chi connectivity index (χ4v) is 3.83. The molecule has 2 aromatic rings. The Morgan fingerprint density at radius 3 is 2.26 bits per heavy atom. The second-order valence-corrected chi connectivity index (χ2v) is 8.41. The highest BCUT2D eigenvalue weighted by Crippen LogP contribution is 2.14. The van der Waals surface area contributed by atoms with Crippen molar-refractivity contribution in [3.63, 3.8) is 0 Å². The van der Waals surface area contributed by atoms with Crippen LogP contribution in [0, 0.1) is 0 Å². The van der Waals surface area contributed by atoms with E-state index >= 15 is 0 Å². The molecule has 0 bridgehead atoms. The van der Waals surface area contributed by atoms with Crippen molar-refractivity contribution in [2.45, 2.75) is 37.6 Å². The zero-order valence-electron chi connectivity index (χ0n) is 15.2. The Hall–Kier alpha value is -2.29. The van der Waals surface area contributed by atoms with Gasteiger partial charge in [0.05, 0.1) is 4.90 Å². The number of carbonyl (C=O) groups excluding carboxylic acids is 1. The molecule has 0 aliphatic carbocycles. The van der Waals surface area contributed by atoms with Crippen molar-refractivity contribution < 1.29 is 13.2 Å². The van der Waals surface area contributed by atoms with Crippen LogP contribution in [0.1, 0.15) is 25.8 Å². The van der Waals surface area contributed by atoms with Crippen LogP contribution in [0.3, 0.4) is 0 Å². The Bertz CT molecular complexity index is 880. The van der Waals surface area contributed by atoms with Crippen LogP contribution < -0.4 is 15.4 Å². The third-order valence-electron chi connectivity index (χ3n) is 3.55. The quantitative estimate of drug-likeness (QED) is 0.617. The van der Waals surface area contributed by atoms with Gasteiger partial charge in [-0.15, -0.1) is 0 Å². The second kappa shape index (κ2) is 9.59. The molecule has 0 heterocycles. The SMILES string of the molecule is CC(C)NS(=O)(=O)c1ccc(NC(=S)NC(=O)CCc2ccccc2)cc1. The van der Waals surface area contributed by atoms with Gasteiger partial charge in [0.2, 0.25) is 15.9 Å². The molecule has 0 saturated carbocycles. The lowest BCUT2D eigenvalue weighted by molar-refractivity contribution is -0.119. The number of anilines is 1. The van der Waals surface area contributed by atoms with Gasteiger partial charge < -0.3 is 10.6 Å². The molecule has 2 rings (SSSR count). The molecule has 8 heteroatoms. The van der Waals surface area contributed by atoms with E-state index in [1.54, 1.807) is 26.0 Å². The monoisotopic (exact) mass is 405 g/mol. The van der Waals surface area contributed by atoms with Crippen LogP contribution in [0.15, 0.2) is 59.5 Å². The maximum atomic E-state index is 12.1. The van der Waals surface area contributed by atoms with Crippen LogP contribution in [-0.4, -0.2) is 25.5 Å². The van der Waals surface area contributed by atoms with E-state index in [0.717, 1.165) is 5.56 Å². The summed E-state index contributed by atoms with van der Waals surface area (Å²) in [5, 5.41) is 5.67. The van der Waals surface area contributed by atoms with Crippen LogP contribution >= 0.6 is 12.2 Å². The molecular weight excluding hydrogens is 382 g/mol. The van der Waals surface area contributed by atoms with E-state index in [9.17, 15) is 13.2 Å². The molecule has 2 aromatic carbocycles. The number of carbonyl (C=O) groups is 1. The number of rotatable bonds is 7. The lowest BCUT2D eigenvalue weighted by Gasteiger charge is -2.12. The van der Waals surface area contributed by atoms with E-state index in [4.69, 9.17) is 12.2 Å². The molecule has 0 atom stereocenters. The lowest BCUT2D eigenvalue weighted by Crippen LogP contribution is -2.34. The summed E-state index contributed by atoms with van der Waals surface area (Å²) in [6.45, 7) is 3.51. The van der Waals surface area contributed by atoms with Gasteiger partial charge in [-0.3, -0.25) is 4.79 Å². The van der Waals surface area contributed by atoms with Gasteiger partial charge in [-0.05, 0) is 62.3 Å². The molecule has 0 aromatic heterocycles. The predicted octanol–water partition coefficient (Wildman–Crippen LogP) is 2.82. The Morgan fingerprint density at radius 1 is 1.04 bits per heavy atom. The zero-order chi connectivity index (χ0) is 19.9. The summed E-state index contributed by atoms with van der Waals surface area (Å²) in [5.41, 5.74) is 1.67. The number of amides is 1. The topological polar surface area (TPSA) is 87.3 Å². The van der Waals surface area contributed by atoms with E-state index in [-0.39, 0.29) is 22.0 Å². The van der Waals surface area contributed by atoms with E-state index in [0.29, 0.717) is 18.5 Å². The highest BCUT2D eigenvalue weighted by molar-refractivity contribution is 7.89. The summed E-state index contributed by atoms with van der Waals surface area (Å²) in [6, 6.07) is 15.7. The lowest BCUT2D eigenvalue weighted by atomic mass is 10.1. The maximum Gasteiger partial charge on any atom is 0.240 e. The van der Waals surface area contributed by atoms with Crippen molar-refractivity contribution >= 4 is 38.9 Å². The average molecular weight is 406 g/mol. The van der Waals surface area contributed by atoms with Gasteiger partial charge in [-0.2, -0.15) is 0 Å². The Morgan fingerprint density at radius 2 is 1.67 bits per heavy atom. The van der Waals surface area contributed by atoms with Gasteiger partial charge in [0.1, 0.15) is 0 Å². The normalized spacial score (nSPS) is 11.2. The number of thiocarbonyl (C=S) groups is 1. The fourth-order valence-electron chi connectivity index (χ4n) is 2.35. The zero-order valence-corrected chi connectivity index (χ0v) is 16.9. The number of benzene rings is 2. The summed E-state index contributed by atoms with van der Waals surface area (Å²) in [5.74, 6) is -0.184. The molecule has 1 amide bonds. The highest BCUT2D eigenvalue weighted by Gasteiger charge is 2.15. The minimum Gasteiger partial charge on any atom is -0.332 e. The number of aryl methyl sites for hydroxylation is 1. The number of sulfonamides is 1. The van der Waals surface area contributed by atoms with Gasteiger partial charge in [-0.25, -0.2) is 13.1 Å². The third-order valence-corrected chi connectivity index (χ3v) is 5.43. The average Bonchev–Trinajstić information content (AvgIpc) is 2.60. The maximum absolute atomic E-state index is 12.1. The number of hydrogen-bond donors (Lipinski definition) is 3. The van der Waals surface area contributed by atoms with E-state index in [2.05, 4.69) is 15.4 Å². The fraction of sp³-hybridized carbons (Fsp3) is 0.263. The van der Waals surface area contributed by atoms with Gasteiger partial charge in [-0.1, -0.05) is 30.3 Å². The summed E-state index contributed by atoms with van der Waals surface area (Å²) in [4.78, 5) is 12.1. The molecule has 0 saturated heterocycles. The minimum atomic E-state index is -3.54. The summed E-state index contributed by atoms with van der Waals surface area (Å²) < 4.78 is 26.7. The van der Waals surface area contributed by atoms with Gasteiger partial charge in [0.15, 0.2) is 5.11 Å². The Kier molecular flexibility index (Phi) is 7.46. The standard InChI is InChI=1S/C19H23N3O3S2/c1-14(2)22-27(24,25)17-11-9-16(10-12-17)20-19(26)21-18(23)13-8-15-6-4-3-5-7-15/h3-7,9-12,14,22H,8,13H2,1-2H3,(H2,20,21,23,26). The van der Waals surface area contributed by atoms with Crippen molar-refractivity contribution in [1.29, 1.82) is 0 Å². The van der Waals surface area contributed by atoms with Crippen molar-refractivity contribution in [2.24, 2.45) is 0 Å². The van der Waals surface area contributed by atoms with Crippen LogP contribution in [-0.2, 0) is 21.2 Å². The first kappa shape index (κ1) is 21.0. The van der Waals surface area contributed by atoms with E-state index in [1.807, 2.05) is 30.3 Å². The van der Waals surface area contributed by atoms with Crippen molar-refractivity contribution in [3.8, 4) is 0 Å². The third kappa shape index (κ3) is 7.09. The highest BCUT2D eigenvalue weighted by atomic mass is 32.2. The van der Waals surface area contributed by atoms with Gasteiger partial charge in [0.25, 0.3) is 0 Å². The molecule has 3 N–H and O–H groups in total. The Labute approximate surface area is 165 Å². The van der Waals surface area contributed by atoms with E-state index < -0.39 is 10.0 Å². The van der Waals surface area contributed by atoms with Crippen molar-refractivity contribution in [1.82, 2.24) is 10.0 Å². The minimum absolute atomic E-state index is 0.166. The van der Waals surface area contributed by atoms with Crippen LogP contribution in [0.5, 0.6) is 0 Å². The second-order valence-electron chi connectivity index (χ2n) is 6.29. The smallest absolute Gasteiger partial charge is 0.240 e. The first-order valence-corrected chi connectivity index (χ1v) is 10.4. The van der Waals surface area contributed by atoms with Gasteiger partial charge in [0, 0.05) is 18.2 Å². The molecule has 0 aliphatic rings. The first-order chi connectivity index (χ1) is 12.8. The molecule has 6 nitrogen and oxygen atoms in total. The molecule has 0 radical (unpaired) electrons. The molecular formula is C19H23N3O3S2. The van der Waals surface area contributed by atoms with E-state index in [1.165, 1.54) is 12.1 Å². The first-order valence-electron chi connectivity index (χ1n) is 8.53. The Balaban J connectivity index is 1.85. The van der Waals surface area contributed by atoms with Crippen LogP contribution in [0.25, 0.3) is 0 Å². The van der Waals surface area contributed by atoms with Crippen LogP contribution in [0.2, 0.25) is 0 Å². The van der Waals surface area contributed by atoms with Gasteiger partial charge >= 0.3 is 0 Å². The molecule has 0 unspecified atom stereocenters. The molecule has 144 valence electrons. The van der Waals surface area contributed by atoms with Crippen molar-refractivity contribution in [2.75, 3.05) is 5.32 Å². The predicted molar refractivity (Wildman–Crippen MR) is 111 cm³/mol.